The number of nitrogens with one attached hydrogen (secondary N) is 4. The molecule has 0 aromatic heterocycles. The molecule has 0 spiro atoms. The van der Waals surface area contributed by atoms with Gasteiger partial charge in [0.1, 0.15) is 0 Å². The minimum absolute atomic E-state index is 0.0490. The van der Waals surface area contributed by atoms with Gasteiger partial charge in [0.2, 0.25) is 40.1 Å². The first-order valence-corrected chi connectivity index (χ1v) is 25.5. The first-order valence-electron chi connectivity index (χ1n) is 19.1. The van der Waals surface area contributed by atoms with Crippen molar-refractivity contribution in [1.29, 1.82) is 0 Å². The van der Waals surface area contributed by atoms with E-state index in [1.807, 2.05) is 55.4 Å². The van der Waals surface area contributed by atoms with Gasteiger partial charge >= 0.3 is 0 Å². The summed E-state index contributed by atoms with van der Waals surface area (Å²) in [6.07, 6.45) is 2.21. The summed E-state index contributed by atoms with van der Waals surface area (Å²) in [6, 6.07) is 0. The third kappa shape index (κ3) is 23.2. The average molecular weight is 889 g/mol. The number of rotatable bonds is 12. The van der Waals surface area contributed by atoms with E-state index in [0.29, 0.717) is 78.0 Å². The van der Waals surface area contributed by atoms with E-state index in [1.165, 1.54) is 0 Å². The van der Waals surface area contributed by atoms with Gasteiger partial charge in [-0.2, -0.15) is 0 Å². The van der Waals surface area contributed by atoms with Crippen LogP contribution >= 0.6 is 0 Å². The lowest BCUT2D eigenvalue weighted by Crippen LogP contribution is -2.49. The third-order valence-corrected chi connectivity index (χ3v) is 13.9. The molecule has 4 fully saturated rings. The molecule has 20 nitrogen and oxygen atoms in total. The molecule has 4 aliphatic rings. The maximum absolute atomic E-state index is 11.1. The first kappa shape index (κ1) is 53.3. The fraction of sp³-hybridized carbons (Fsp3) is 1.00. The summed E-state index contributed by atoms with van der Waals surface area (Å²) in [5.74, 6) is 0. The van der Waals surface area contributed by atoms with Crippen LogP contribution in [0.1, 0.15) is 81.1 Å². The van der Waals surface area contributed by atoms with Crippen LogP contribution in [0, 0.1) is 0 Å². The van der Waals surface area contributed by atoms with E-state index in [9.17, 15) is 33.7 Å². The van der Waals surface area contributed by atoms with Crippen molar-refractivity contribution in [2.45, 2.75) is 151 Å². The lowest BCUT2D eigenvalue weighted by atomic mass is 10.1. The molecule has 0 aromatic carbocycles. The van der Waals surface area contributed by atoms with E-state index >= 15 is 0 Å². The Bertz CT molecular complexity index is 1340. The number of piperidine rings is 4. The molecule has 4 rings (SSSR count). The topological polar surface area (TPSA) is 326 Å². The summed E-state index contributed by atoms with van der Waals surface area (Å²) in [4.78, 5) is 0. The second kappa shape index (κ2) is 24.5. The predicted octanol–water partition coefficient (Wildman–Crippen LogP) is -2.28. The largest absolute Gasteiger partial charge is 0.374 e. The van der Waals surface area contributed by atoms with Crippen LogP contribution < -0.4 is 41.8 Å². The van der Waals surface area contributed by atoms with Gasteiger partial charge in [-0.1, -0.05) is 0 Å². The lowest BCUT2D eigenvalue weighted by molar-refractivity contribution is -0.00375. The van der Waals surface area contributed by atoms with Crippen molar-refractivity contribution in [2.24, 2.45) is 20.6 Å². The molecule has 4 aliphatic heterocycles. The van der Waals surface area contributed by atoms with Gasteiger partial charge in [0, 0.05) is 52.4 Å². The first-order chi connectivity index (χ1) is 25.6. The number of ether oxygens (including phenoxy) is 4. The summed E-state index contributed by atoms with van der Waals surface area (Å²) < 4.78 is 111. The molecule has 0 saturated carbocycles. The summed E-state index contributed by atoms with van der Waals surface area (Å²) in [5, 5.41) is 30.3. The van der Waals surface area contributed by atoms with Crippen molar-refractivity contribution in [1.82, 2.24) is 21.3 Å². The van der Waals surface area contributed by atoms with Crippen molar-refractivity contribution in [3.63, 3.8) is 0 Å². The van der Waals surface area contributed by atoms with Crippen LogP contribution in [-0.2, 0) is 59.0 Å². The predicted molar refractivity (Wildman–Crippen MR) is 218 cm³/mol. The molecule has 4 heterocycles. The molecular weight excluding hydrogens is 817 g/mol. The van der Waals surface area contributed by atoms with E-state index in [1.54, 1.807) is 0 Å². The molecule has 336 valence electrons. The molecule has 0 unspecified atom stereocenters. The fourth-order valence-corrected chi connectivity index (χ4v) is 9.75. The molecule has 0 aromatic rings. The average Bonchev–Trinajstić information content (AvgIpc) is 3.03. The zero-order valence-corrected chi connectivity index (χ0v) is 37.5. The van der Waals surface area contributed by atoms with Crippen molar-refractivity contribution in [3.05, 3.63) is 0 Å². The van der Waals surface area contributed by atoms with Gasteiger partial charge in [-0.3, -0.25) is 0 Å². The Kier molecular flexibility index (Phi) is 23.4. The smallest absolute Gasteiger partial charge is 0.213 e. The number of hydrogen-bond donors (Lipinski definition) is 8. The standard InChI is InChI=1S/4C8H18N2O3S/c4*1-6(2)13-7-3-8(5-10-4-7)14(9,11)12/h4*6-8,10H,3-5H2,1-2H3,(H2,9,11,12)/t2*7-,8+;2*7-,8-/m1010/s1. The summed E-state index contributed by atoms with van der Waals surface area (Å²) >= 11 is 0. The Balaban J connectivity index is 0.000000373. The van der Waals surface area contributed by atoms with E-state index < -0.39 is 61.1 Å². The molecule has 0 bridgehead atoms. The highest BCUT2D eigenvalue weighted by molar-refractivity contribution is 7.90. The zero-order chi connectivity index (χ0) is 43.1. The molecule has 12 N–H and O–H groups in total. The minimum atomic E-state index is -3.44. The number of sulfonamides is 4. The zero-order valence-electron chi connectivity index (χ0n) is 34.3. The van der Waals surface area contributed by atoms with Gasteiger partial charge in [-0.25, -0.2) is 54.2 Å². The lowest BCUT2D eigenvalue weighted by Gasteiger charge is -2.29. The summed E-state index contributed by atoms with van der Waals surface area (Å²) in [7, 11) is -13.7. The highest BCUT2D eigenvalue weighted by Gasteiger charge is 2.33. The SMILES string of the molecule is CC(C)O[C@@H]1CNC[C@@H](S(N)(=O)=O)C1.CC(C)O[C@@H]1CNC[C@H](S(N)(=O)=O)C1.CC(C)O[C@H]1CNC[C@@H](S(N)(=O)=O)C1.CC(C)O[C@H]1CNC[C@H](S(N)(=O)=O)C1. The number of hydrogen-bond acceptors (Lipinski definition) is 16. The van der Waals surface area contributed by atoms with E-state index in [0.717, 1.165) is 0 Å². The second-order valence-corrected chi connectivity index (χ2v) is 23.0. The van der Waals surface area contributed by atoms with Gasteiger partial charge < -0.3 is 40.2 Å². The molecule has 4 saturated heterocycles. The molecule has 0 radical (unpaired) electrons. The van der Waals surface area contributed by atoms with Crippen LogP contribution in [0.5, 0.6) is 0 Å². The summed E-state index contributed by atoms with van der Waals surface area (Å²) in [6.45, 7) is 20.0. The van der Waals surface area contributed by atoms with Crippen molar-refractivity contribution >= 4 is 40.1 Å². The van der Waals surface area contributed by atoms with Crippen molar-refractivity contribution < 1.29 is 52.6 Å². The van der Waals surface area contributed by atoms with Crippen LogP contribution in [-0.4, -0.2) is 156 Å². The molecule has 0 aliphatic carbocycles. The van der Waals surface area contributed by atoms with Crippen molar-refractivity contribution in [2.75, 3.05) is 52.4 Å². The molecular formula is C32H72N8O12S4. The van der Waals surface area contributed by atoms with Crippen LogP contribution in [0.4, 0.5) is 0 Å². The molecule has 24 heteroatoms. The van der Waals surface area contributed by atoms with Gasteiger partial charge in [0.15, 0.2) is 0 Å². The van der Waals surface area contributed by atoms with Gasteiger partial charge in [-0.15, -0.1) is 0 Å². The number of primary sulfonamides is 4. The van der Waals surface area contributed by atoms with Crippen LogP contribution in [0.2, 0.25) is 0 Å². The molecule has 8 atom stereocenters. The van der Waals surface area contributed by atoms with E-state index in [4.69, 9.17) is 39.5 Å². The minimum Gasteiger partial charge on any atom is -0.374 e. The Labute approximate surface area is 336 Å². The second-order valence-electron chi connectivity index (χ2n) is 15.6. The Hall–Kier alpha value is -0.680. The van der Waals surface area contributed by atoms with E-state index in [2.05, 4.69) is 21.3 Å². The van der Waals surface area contributed by atoms with Gasteiger partial charge in [0.05, 0.1) is 69.8 Å². The Morgan fingerprint density at radius 2 is 0.518 bits per heavy atom. The van der Waals surface area contributed by atoms with Crippen LogP contribution in [0.3, 0.4) is 0 Å². The Morgan fingerprint density at radius 3 is 0.643 bits per heavy atom. The molecule has 56 heavy (non-hydrogen) atoms. The highest BCUT2D eigenvalue weighted by Crippen LogP contribution is 2.17. The van der Waals surface area contributed by atoms with E-state index in [-0.39, 0.29) is 48.8 Å². The molecule has 0 amide bonds. The highest BCUT2D eigenvalue weighted by atomic mass is 32.2. The van der Waals surface area contributed by atoms with Crippen LogP contribution in [0.25, 0.3) is 0 Å². The van der Waals surface area contributed by atoms with Crippen LogP contribution in [0.15, 0.2) is 0 Å². The maximum Gasteiger partial charge on any atom is 0.213 e. The summed E-state index contributed by atoms with van der Waals surface area (Å²) in [5.41, 5.74) is 0. The quantitative estimate of drug-likeness (QED) is 0.102. The monoisotopic (exact) mass is 888 g/mol. The van der Waals surface area contributed by atoms with Crippen molar-refractivity contribution in [3.8, 4) is 0 Å². The normalized spacial score (nSPS) is 29.4. The number of nitrogens with two attached hydrogens (primary N) is 4. The third-order valence-electron chi connectivity index (χ3n) is 8.80. The van der Waals surface area contributed by atoms with Gasteiger partial charge in [-0.05, 0) is 81.1 Å². The maximum atomic E-state index is 11.1. The van der Waals surface area contributed by atoms with Gasteiger partial charge in [0.25, 0.3) is 0 Å². The fourth-order valence-electron chi connectivity index (χ4n) is 6.42. The Morgan fingerprint density at radius 1 is 0.357 bits per heavy atom.